The topological polar surface area (TPSA) is 58.1 Å². The minimum atomic E-state index is -0.168. The minimum Gasteiger partial charge on any atom is -0.349 e. The first kappa shape index (κ1) is 16.2. The third kappa shape index (κ3) is 3.55. The molecule has 1 aliphatic rings. The van der Waals surface area contributed by atoms with E-state index in [1.54, 1.807) is 17.5 Å². The van der Waals surface area contributed by atoms with Gasteiger partial charge in [-0.05, 0) is 49.5 Å². The van der Waals surface area contributed by atoms with E-state index in [0.717, 1.165) is 24.1 Å². The Bertz CT molecular complexity index is 859. The number of carbonyl (C=O) groups is 1. The smallest absolute Gasteiger partial charge is 0.271 e. The molecule has 1 atom stereocenters. The van der Waals surface area contributed by atoms with Gasteiger partial charge in [-0.1, -0.05) is 18.2 Å². The molecule has 6 heteroatoms. The number of thiophene rings is 1. The molecular formula is C19H20N4OS. The van der Waals surface area contributed by atoms with Gasteiger partial charge in [-0.15, -0.1) is 11.3 Å². The van der Waals surface area contributed by atoms with Crippen LogP contribution in [0.3, 0.4) is 0 Å². The first-order chi connectivity index (χ1) is 12.3. The van der Waals surface area contributed by atoms with E-state index >= 15 is 0 Å². The summed E-state index contributed by atoms with van der Waals surface area (Å²) in [5.41, 5.74) is 1.90. The van der Waals surface area contributed by atoms with E-state index in [2.05, 4.69) is 37.7 Å². The number of benzene rings is 1. The van der Waals surface area contributed by atoms with Gasteiger partial charge in [0.1, 0.15) is 5.69 Å². The molecule has 1 aromatic carbocycles. The maximum absolute atomic E-state index is 12.5. The van der Waals surface area contributed by atoms with Crippen LogP contribution in [0.5, 0.6) is 0 Å². The van der Waals surface area contributed by atoms with Crippen molar-refractivity contribution in [1.82, 2.24) is 20.2 Å². The molecule has 1 aliphatic heterocycles. The summed E-state index contributed by atoms with van der Waals surface area (Å²) in [5.74, 6) is -0.168. The SMILES string of the molecule is O=C(NCC(c1cccs1)N1CCCC1)c1cnc2ccccc2n1. The van der Waals surface area contributed by atoms with E-state index in [0.29, 0.717) is 12.2 Å². The Morgan fingerprint density at radius 2 is 1.96 bits per heavy atom. The highest BCUT2D eigenvalue weighted by molar-refractivity contribution is 7.10. The molecule has 2 aromatic heterocycles. The van der Waals surface area contributed by atoms with Gasteiger partial charge in [-0.3, -0.25) is 14.7 Å². The zero-order chi connectivity index (χ0) is 17.1. The average molecular weight is 352 g/mol. The number of para-hydroxylation sites is 2. The van der Waals surface area contributed by atoms with Crippen molar-refractivity contribution in [3.8, 4) is 0 Å². The van der Waals surface area contributed by atoms with Crippen molar-refractivity contribution < 1.29 is 4.79 Å². The predicted octanol–water partition coefficient (Wildman–Crippen LogP) is 3.26. The molecule has 25 heavy (non-hydrogen) atoms. The number of hydrogen-bond acceptors (Lipinski definition) is 5. The number of fused-ring (bicyclic) bond motifs is 1. The molecule has 0 radical (unpaired) electrons. The van der Waals surface area contributed by atoms with Crippen LogP contribution in [-0.2, 0) is 0 Å². The molecule has 128 valence electrons. The van der Waals surface area contributed by atoms with Crippen molar-refractivity contribution in [3.63, 3.8) is 0 Å². The van der Waals surface area contributed by atoms with E-state index in [1.807, 2.05) is 24.3 Å². The Morgan fingerprint density at radius 3 is 2.72 bits per heavy atom. The van der Waals surface area contributed by atoms with E-state index in [9.17, 15) is 4.79 Å². The summed E-state index contributed by atoms with van der Waals surface area (Å²) in [5, 5.41) is 5.14. The van der Waals surface area contributed by atoms with E-state index in [-0.39, 0.29) is 11.9 Å². The van der Waals surface area contributed by atoms with Crippen molar-refractivity contribution in [2.75, 3.05) is 19.6 Å². The van der Waals surface area contributed by atoms with Gasteiger partial charge in [-0.25, -0.2) is 4.98 Å². The van der Waals surface area contributed by atoms with Gasteiger partial charge in [0.15, 0.2) is 0 Å². The van der Waals surface area contributed by atoms with Crippen molar-refractivity contribution in [2.24, 2.45) is 0 Å². The molecule has 0 saturated carbocycles. The lowest BCUT2D eigenvalue weighted by Crippen LogP contribution is -2.36. The number of rotatable bonds is 5. The second-order valence-electron chi connectivity index (χ2n) is 6.23. The Hall–Kier alpha value is -2.31. The van der Waals surface area contributed by atoms with Crippen molar-refractivity contribution >= 4 is 28.3 Å². The molecule has 3 heterocycles. The molecule has 3 aromatic rings. The van der Waals surface area contributed by atoms with Crippen LogP contribution in [0, 0.1) is 0 Å². The number of carbonyl (C=O) groups excluding carboxylic acids is 1. The first-order valence-electron chi connectivity index (χ1n) is 8.59. The lowest BCUT2D eigenvalue weighted by molar-refractivity contribution is 0.0933. The summed E-state index contributed by atoms with van der Waals surface area (Å²) in [6.07, 6.45) is 4.01. The van der Waals surface area contributed by atoms with Gasteiger partial charge in [-0.2, -0.15) is 0 Å². The molecule has 1 amide bonds. The van der Waals surface area contributed by atoms with Crippen LogP contribution in [0.2, 0.25) is 0 Å². The Kier molecular flexibility index (Phi) is 4.72. The highest BCUT2D eigenvalue weighted by Gasteiger charge is 2.25. The second-order valence-corrected chi connectivity index (χ2v) is 7.21. The number of hydrogen-bond donors (Lipinski definition) is 1. The molecular weight excluding hydrogens is 332 g/mol. The molecule has 1 saturated heterocycles. The van der Waals surface area contributed by atoms with Gasteiger partial charge in [0, 0.05) is 11.4 Å². The number of nitrogens with one attached hydrogen (secondary N) is 1. The maximum atomic E-state index is 12.5. The Balaban J connectivity index is 1.48. The summed E-state index contributed by atoms with van der Waals surface area (Å²) in [6, 6.07) is 12.0. The van der Waals surface area contributed by atoms with Crippen LogP contribution in [-0.4, -0.2) is 40.4 Å². The largest absolute Gasteiger partial charge is 0.349 e. The third-order valence-corrected chi connectivity index (χ3v) is 5.56. The highest BCUT2D eigenvalue weighted by Crippen LogP contribution is 2.27. The zero-order valence-corrected chi connectivity index (χ0v) is 14.7. The fraction of sp³-hybridized carbons (Fsp3) is 0.316. The zero-order valence-electron chi connectivity index (χ0n) is 13.9. The summed E-state index contributed by atoms with van der Waals surface area (Å²) < 4.78 is 0. The standard InChI is InChI=1S/C19H20N4OS/c24-19(16-12-20-14-6-1-2-7-15(14)22-16)21-13-17(18-8-5-11-25-18)23-9-3-4-10-23/h1-2,5-8,11-12,17H,3-4,9-10,13H2,(H,21,24). The van der Waals surface area contributed by atoms with Gasteiger partial charge >= 0.3 is 0 Å². The molecule has 1 unspecified atom stereocenters. The lowest BCUT2D eigenvalue weighted by atomic mass is 10.2. The Labute approximate surface area is 150 Å². The van der Waals surface area contributed by atoms with Crippen LogP contribution < -0.4 is 5.32 Å². The summed E-state index contributed by atoms with van der Waals surface area (Å²) in [6.45, 7) is 2.77. The predicted molar refractivity (Wildman–Crippen MR) is 99.7 cm³/mol. The van der Waals surface area contributed by atoms with E-state index < -0.39 is 0 Å². The van der Waals surface area contributed by atoms with Gasteiger partial charge in [0.05, 0.1) is 23.3 Å². The normalized spacial score (nSPS) is 16.2. The maximum Gasteiger partial charge on any atom is 0.271 e. The molecule has 4 rings (SSSR count). The monoisotopic (exact) mass is 352 g/mol. The van der Waals surface area contributed by atoms with Crippen LogP contribution in [0.1, 0.15) is 34.2 Å². The van der Waals surface area contributed by atoms with Crippen LogP contribution in [0.4, 0.5) is 0 Å². The lowest BCUT2D eigenvalue weighted by Gasteiger charge is -2.26. The number of likely N-dealkylation sites (tertiary alicyclic amines) is 1. The van der Waals surface area contributed by atoms with Crippen LogP contribution >= 0.6 is 11.3 Å². The van der Waals surface area contributed by atoms with E-state index in [1.165, 1.54) is 17.7 Å². The first-order valence-corrected chi connectivity index (χ1v) is 9.47. The number of nitrogens with zero attached hydrogens (tertiary/aromatic N) is 3. The second kappa shape index (κ2) is 7.29. The number of aromatic nitrogens is 2. The van der Waals surface area contributed by atoms with Crippen LogP contribution in [0.15, 0.2) is 48.0 Å². The van der Waals surface area contributed by atoms with Gasteiger partial charge < -0.3 is 5.32 Å². The highest BCUT2D eigenvalue weighted by atomic mass is 32.1. The fourth-order valence-corrected chi connectivity index (χ4v) is 4.15. The molecule has 1 N–H and O–H groups in total. The van der Waals surface area contributed by atoms with Crippen molar-refractivity contribution in [3.05, 3.63) is 58.5 Å². The summed E-state index contributed by atoms with van der Waals surface area (Å²) >= 11 is 1.75. The minimum absolute atomic E-state index is 0.168. The quantitative estimate of drug-likeness (QED) is 0.766. The van der Waals surface area contributed by atoms with Crippen LogP contribution in [0.25, 0.3) is 11.0 Å². The van der Waals surface area contributed by atoms with Crippen molar-refractivity contribution in [1.29, 1.82) is 0 Å². The molecule has 5 nitrogen and oxygen atoms in total. The number of amides is 1. The van der Waals surface area contributed by atoms with Gasteiger partial charge in [0.2, 0.25) is 0 Å². The fourth-order valence-electron chi connectivity index (χ4n) is 3.29. The average Bonchev–Trinajstić information content (AvgIpc) is 3.36. The summed E-state index contributed by atoms with van der Waals surface area (Å²) in [7, 11) is 0. The van der Waals surface area contributed by atoms with E-state index in [4.69, 9.17) is 0 Å². The molecule has 1 fully saturated rings. The van der Waals surface area contributed by atoms with Gasteiger partial charge in [0.25, 0.3) is 5.91 Å². The molecule has 0 spiro atoms. The Morgan fingerprint density at radius 1 is 1.16 bits per heavy atom. The summed E-state index contributed by atoms with van der Waals surface area (Å²) in [4.78, 5) is 25.1. The van der Waals surface area contributed by atoms with Crippen molar-refractivity contribution in [2.45, 2.75) is 18.9 Å². The molecule has 0 aliphatic carbocycles. The third-order valence-electron chi connectivity index (χ3n) is 4.59. The molecule has 0 bridgehead atoms.